The van der Waals surface area contributed by atoms with E-state index in [9.17, 15) is 4.79 Å². The van der Waals surface area contributed by atoms with Crippen LogP contribution in [0.4, 0.5) is 5.69 Å². The molecule has 0 aliphatic heterocycles. The summed E-state index contributed by atoms with van der Waals surface area (Å²) in [5.41, 5.74) is 0.735. The fourth-order valence-electron chi connectivity index (χ4n) is 1.31. The number of nitrogens with one attached hydrogen (secondary N) is 1. The smallest absolute Gasteiger partial charge is 0.238 e. The molecule has 0 fully saturated rings. The predicted octanol–water partition coefficient (Wildman–Crippen LogP) is 1.75. The number of hydrogen-bond donors (Lipinski definition) is 1. The van der Waals surface area contributed by atoms with Gasteiger partial charge in [-0.25, -0.2) is 0 Å². The van der Waals surface area contributed by atoms with E-state index in [-0.39, 0.29) is 5.91 Å². The molecule has 0 spiro atoms. The Kier molecular flexibility index (Phi) is 5.23. The van der Waals surface area contributed by atoms with Crippen molar-refractivity contribution in [1.82, 2.24) is 4.90 Å². The van der Waals surface area contributed by atoms with E-state index < -0.39 is 0 Å². The second-order valence-corrected chi connectivity index (χ2v) is 3.91. The molecule has 0 radical (unpaired) electrons. The fourth-order valence-corrected chi connectivity index (χ4v) is 1.31. The van der Waals surface area contributed by atoms with Gasteiger partial charge in [-0.15, -0.1) is 0 Å². The summed E-state index contributed by atoms with van der Waals surface area (Å²) in [5.74, 6) is 0.670. The predicted molar refractivity (Wildman–Crippen MR) is 69.3 cm³/mol. The highest BCUT2D eigenvalue weighted by Gasteiger charge is 2.04. The summed E-state index contributed by atoms with van der Waals surface area (Å²) in [6.07, 6.45) is 1.68. The average Bonchev–Trinajstić information content (AvgIpc) is 2.25. The number of nitrogens with zero attached hydrogens (tertiary/aromatic N) is 1. The first-order chi connectivity index (χ1) is 8.11. The summed E-state index contributed by atoms with van der Waals surface area (Å²) in [6, 6.07) is 7.29. The summed E-state index contributed by atoms with van der Waals surface area (Å²) in [6.45, 7) is 4.39. The quantitative estimate of drug-likeness (QED) is 0.762. The van der Waals surface area contributed by atoms with Crippen LogP contribution in [-0.4, -0.2) is 38.1 Å². The molecule has 0 atom stereocenters. The minimum Gasteiger partial charge on any atom is -0.489 e. The van der Waals surface area contributed by atoms with Gasteiger partial charge in [-0.2, -0.15) is 0 Å². The lowest BCUT2D eigenvalue weighted by molar-refractivity contribution is -0.116. The van der Waals surface area contributed by atoms with Gasteiger partial charge >= 0.3 is 0 Å². The van der Waals surface area contributed by atoms with E-state index in [1.54, 1.807) is 12.1 Å². The zero-order valence-corrected chi connectivity index (χ0v) is 10.3. The van der Waals surface area contributed by atoms with Gasteiger partial charge in [0, 0.05) is 11.8 Å². The van der Waals surface area contributed by atoms with Gasteiger partial charge in [-0.3, -0.25) is 4.79 Å². The van der Waals surface area contributed by atoms with Gasteiger partial charge in [-0.05, 0) is 26.2 Å². The van der Waals surface area contributed by atoms with Crippen LogP contribution < -0.4 is 10.1 Å². The molecule has 17 heavy (non-hydrogen) atoms. The molecule has 92 valence electrons. The monoisotopic (exact) mass is 234 g/mol. The van der Waals surface area contributed by atoms with E-state index in [0.29, 0.717) is 18.9 Å². The first-order valence-electron chi connectivity index (χ1n) is 5.40. The molecule has 0 aliphatic carbocycles. The first kappa shape index (κ1) is 13.3. The highest BCUT2D eigenvalue weighted by atomic mass is 16.5. The van der Waals surface area contributed by atoms with Crippen molar-refractivity contribution in [2.75, 3.05) is 32.6 Å². The Bertz CT molecular complexity index is 389. The fraction of sp³-hybridized carbons (Fsp3) is 0.308. The second kappa shape index (κ2) is 6.70. The molecule has 1 N–H and O–H groups in total. The van der Waals surface area contributed by atoms with Crippen LogP contribution >= 0.6 is 0 Å². The Labute approximate surface area is 102 Å². The zero-order chi connectivity index (χ0) is 12.7. The van der Waals surface area contributed by atoms with E-state index in [1.807, 2.05) is 37.2 Å². The lowest BCUT2D eigenvalue weighted by Crippen LogP contribution is -2.27. The second-order valence-electron chi connectivity index (χ2n) is 3.91. The summed E-state index contributed by atoms with van der Waals surface area (Å²) in [5, 5.41) is 2.80. The van der Waals surface area contributed by atoms with Crippen LogP contribution in [0.5, 0.6) is 5.75 Å². The Hall–Kier alpha value is -1.81. The standard InChI is InChI=1S/C13H18N2O2/c1-4-8-17-12-7-5-6-11(9-12)14-13(16)10-15(2)3/h4-7,9H,1,8,10H2,2-3H3,(H,14,16). The van der Waals surface area contributed by atoms with Gasteiger partial charge in [0.15, 0.2) is 0 Å². The van der Waals surface area contributed by atoms with Gasteiger partial charge in [0.2, 0.25) is 5.91 Å². The summed E-state index contributed by atoms with van der Waals surface area (Å²) in [7, 11) is 3.70. The summed E-state index contributed by atoms with van der Waals surface area (Å²) in [4.78, 5) is 13.4. The molecule has 1 aromatic carbocycles. The van der Waals surface area contributed by atoms with Crippen molar-refractivity contribution in [3.63, 3.8) is 0 Å². The van der Waals surface area contributed by atoms with E-state index in [4.69, 9.17) is 4.74 Å². The summed E-state index contributed by atoms with van der Waals surface area (Å²) < 4.78 is 5.38. The number of ether oxygens (including phenoxy) is 1. The van der Waals surface area contributed by atoms with Gasteiger partial charge in [0.1, 0.15) is 12.4 Å². The van der Waals surface area contributed by atoms with Crippen LogP contribution in [0.25, 0.3) is 0 Å². The molecule has 4 heteroatoms. The van der Waals surface area contributed by atoms with Crippen molar-refractivity contribution < 1.29 is 9.53 Å². The van der Waals surface area contributed by atoms with Gasteiger partial charge in [-0.1, -0.05) is 18.7 Å². The van der Waals surface area contributed by atoms with Crippen LogP contribution in [0.3, 0.4) is 0 Å². The highest BCUT2D eigenvalue weighted by molar-refractivity contribution is 5.92. The van der Waals surface area contributed by atoms with E-state index in [1.165, 1.54) is 0 Å². The maximum absolute atomic E-state index is 11.5. The van der Waals surface area contributed by atoms with Crippen molar-refractivity contribution in [3.8, 4) is 5.75 Å². The SMILES string of the molecule is C=CCOc1cccc(NC(=O)CN(C)C)c1. The largest absolute Gasteiger partial charge is 0.489 e. The lowest BCUT2D eigenvalue weighted by Gasteiger charge is -2.11. The Morgan fingerprint density at radius 3 is 2.94 bits per heavy atom. The molecule has 1 amide bonds. The highest BCUT2D eigenvalue weighted by Crippen LogP contribution is 2.17. The number of carbonyl (C=O) groups is 1. The Morgan fingerprint density at radius 1 is 1.53 bits per heavy atom. The molecule has 0 saturated carbocycles. The molecular formula is C13H18N2O2. The zero-order valence-electron chi connectivity index (χ0n) is 10.3. The molecule has 0 bridgehead atoms. The third-order valence-corrected chi connectivity index (χ3v) is 1.95. The van der Waals surface area contributed by atoms with Crippen molar-refractivity contribution in [1.29, 1.82) is 0 Å². The molecule has 1 aromatic rings. The molecule has 0 aliphatic rings. The molecule has 1 rings (SSSR count). The number of benzene rings is 1. The maximum Gasteiger partial charge on any atom is 0.238 e. The van der Waals surface area contributed by atoms with Crippen LogP contribution in [0, 0.1) is 0 Å². The minimum absolute atomic E-state index is 0.0455. The number of likely N-dealkylation sites (N-methyl/N-ethyl adjacent to an activating group) is 1. The average molecular weight is 234 g/mol. The van der Waals surface area contributed by atoms with Gasteiger partial charge in [0.05, 0.1) is 6.54 Å². The normalized spacial score (nSPS) is 10.1. The maximum atomic E-state index is 11.5. The molecular weight excluding hydrogens is 216 g/mol. The Morgan fingerprint density at radius 2 is 2.29 bits per heavy atom. The van der Waals surface area contributed by atoms with Crippen molar-refractivity contribution in [3.05, 3.63) is 36.9 Å². The third-order valence-electron chi connectivity index (χ3n) is 1.95. The summed E-state index contributed by atoms with van der Waals surface area (Å²) >= 11 is 0. The van der Waals surface area contributed by atoms with Crippen molar-refractivity contribution in [2.45, 2.75) is 0 Å². The molecule has 0 unspecified atom stereocenters. The van der Waals surface area contributed by atoms with Crippen molar-refractivity contribution >= 4 is 11.6 Å². The van der Waals surface area contributed by atoms with Gasteiger partial charge in [0.25, 0.3) is 0 Å². The molecule has 0 aromatic heterocycles. The number of carbonyl (C=O) groups excluding carboxylic acids is 1. The van der Waals surface area contributed by atoms with Crippen LogP contribution in [0.2, 0.25) is 0 Å². The minimum atomic E-state index is -0.0455. The number of amides is 1. The number of hydrogen-bond acceptors (Lipinski definition) is 3. The van der Waals surface area contributed by atoms with Gasteiger partial charge < -0.3 is 15.0 Å². The Balaban J connectivity index is 2.58. The van der Waals surface area contributed by atoms with Crippen LogP contribution in [0.1, 0.15) is 0 Å². The molecule has 4 nitrogen and oxygen atoms in total. The first-order valence-corrected chi connectivity index (χ1v) is 5.40. The lowest BCUT2D eigenvalue weighted by atomic mass is 10.3. The topological polar surface area (TPSA) is 41.6 Å². The molecule has 0 heterocycles. The van der Waals surface area contributed by atoms with E-state index in [0.717, 1.165) is 5.69 Å². The van der Waals surface area contributed by atoms with E-state index in [2.05, 4.69) is 11.9 Å². The number of anilines is 1. The van der Waals surface area contributed by atoms with Crippen molar-refractivity contribution in [2.24, 2.45) is 0 Å². The van der Waals surface area contributed by atoms with Crippen LogP contribution in [-0.2, 0) is 4.79 Å². The van der Waals surface area contributed by atoms with E-state index >= 15 is 0 Å². The van der Waals surface area contributed by atoms with Crippen LogP contribution in [0.15, 0.2) is 36.9 Å². The third kappa shape index (κ3) is 5.17. The number of rotatable bonds is 6. The molecule has 0 saturated heterocycles.